The van der Waals surface area contributed by atoms with Crippen LogP contribution in [0.5, 0.6) is 0 Å². The highest BCUT2D eigenvalue weighted by molar-refractivity contribution is 5.89. The van der Waals surface area contributed by atoms with Gasteiger partial charge < -0.3 is 10.1 Å². The summed E-state index contributed by atoms with van der Waals surface area (Å²) in [6.07, 6.45) is 3.86. The summed E-state index contributed by atoms with van der Waals surface area (Å²) < 4.78 is 5.53. The molecular weight excluding hydrogens is 230 g/mol. The first kappa shape index (κ1) is 12.8. The number of aryl methyl sites for hydroxylation is 1. The Morgan fingerprint density at radius 1 is 1.61 bits per heavy atom. The molecule has 2 atom stereocenters. The molecule has 1 aromatic heterocycles. The van der Waals surface area contributed by atoms with Crippen LogP contribution in [0.3, 0.4) is 0 Å². The lowest BCUT2D eigenvalue weighted by Gasteiger charge is -2.20. The molecule has 5 heteroatoms. The molecule has 98 valence electrons. The number of carbonyl (C=O) groups is 1. The van der Waals surface area contributed by atoms with Gasteiger partial charge in [-0.05, 0) is 38.3 Å². The van der Waals surface area contributed by atoms with Crippen LogP contribution in [0, 0.1) is 6.92 Å². The Kier molecular flexibility index (Phi) is 4.15. The van der Waals surface area contributed by atoms with Gasteiger partial charge in [-0.2, -0.15) is 0 Å². The van der Waals surface area contributed by atoms with Crippen LogP contribution in [-0.4, -0.2) is 29.8 Å². The molecule has 0 aromatic carbocycles. The molecule has 1 fully saturated rings. The number of anilines is 1. The fourth-order valence-electron chi connectivity index (χ4n) is 2.06. The second-order valence-electron chi connectivity index (χ2n) is 4.61. The average molecular weight is 249 g/mol. The van der Waals surface area contributed by atoms with Gasteiger partial charge in [0.15, 0.2) is 0 Å². The van der Waals surface area contributed by atoms with Gasteiger partial charge in [0.25, 0.3) is 0 Å². The maximum absolute atomic E-state index is 11.8. The number of hydrogen-bond acceptors (Lipinski definition) is 3. The summed E-state index contributed by atoms with van der Waals surface area (Å²) >= 11 is 0. The number of ether oxygens (including phenoxy) is 1. The van der Waals surface area contributed by atoms with Crippen LogP contribution in [0.2, 0.25) is 0 Å². The van der Waals surface area contributed by atoms with Crippen LogP contribution < -0.4 is 10.6 Å². The van der Waals surface area contributed by atoms with E-state index in [2.05, 4.69) is 15.6 Å². The smallest absolute Gasteiger partial charge is 0.320 e. The molecule has 5 nitrogen and oxygen atoms in total. The second-order valence-corrected chi connectivity index (χ2v) is 4.61. The number of pyridine rings is 1. The van der Waals surface area contributed by atoms with Crippen LogP contribution in [0.25, 0.3) is 0 Å². The topological polar surface area (TPSA) is 63.2 Å². The lowest BCUT2D eigenvalue weighted by molar-refractivity contribution is 0.0868. The standard InChI is InChI=1S/C13H19N3O2/c1-9-5-3-7-14-12(9)16-13(17)15-10(2)11-6-4-8-18-11/h3,5,7,10-11H,4,6,8H2,1-2H3,(H2,14,15,16,17)/t10-,11-/m0/s1. The van der Waals surface area contributed by atoms with Gasteiger partial charge in [-0.1, -0.05) is 6.07 Å². The molecule has 1 aliphatic rings. The van der Waals surface area contributed by atoms with Crippen molar-refractivity contribution in [2.75, 3.05) is 11.9 Å². The summed E-state index contributed by atoms with van der Waals surface area (Å²) in [4.78, 5) is 15.9. The fourth-order valence-corrected chi connectivity index (χ4v) is 2.06. The third-order valence-electron chi connectivity index (χ3n) is 3.12. The molecule has 0 saturated carbocycles. The Labute approximate surface area is 107 Å². The Hall–Kier alpha value is -1.62. The maximum Gasteiger partial charge on any atom is 0.320 e. The van der Waals surface area contributed by atoms with Gasteiger partial charge in [-0.15, -0.1) is 0 Å². The van der Waals surface area contributed by atoms with Crippen LogP contribution in [-0.2, 0) is 4.74 Å². The maximum atomic E-state index is 11.8. The number of hydrogen-bond donors (Lipinski definition) is 2. The summed E-state index contributed by atoms with van der Waals surface area (Å²) in [5.74, 6) is 0.592. The Morgan fingerprint density at radius 3 is 3.11 bits per heavy atom. The third-order valence-corrected chi connectivity index (χ3v) is 3.12. The zero-order valence-electron chi connectivity index (χ0n) is 10.8. The third kappa shape index (κ3) is 3.20. The summed E-state index contributed by atoms with van der Waals surface area (Å²) in [7, 11) is 0. The SMILES string of the molecule is Cc1cccnc1NC(=O)N[C@@H](C)[C@@H]1CCCO1. The normalized spacial score (nSPS) is 20.4. The van der Waals surface area contributed by atoms with Gasteiger partial charge >= 0.3 is 6.03 Å². The summed E-state index contributed by atoms with van der Waals surface area (Å²) in [5, 5.41) is 5.63. The average Bonchev–Trinajstić information content (AvgIpc) is 2.85. The lowest BCUT2D eigenvalue weighted by atomic mass is 10.1. The number of urea groups is 1. The van der Waals surface area contributed by atoms with Crippen molar-refractivity contribution in [1.29, 1.82) is 0 Å². The molecule has 0 spiro atoms. The van der Waals surface area contributed by atoms with Crippen molar-refractivity contribution in [3.05, 3.63) is 23.9 Å². The molecule has 0 unspecified atom stereocenters. The molecule has 1 aliphatic heterocycles. The van der Waals surface area contributed by atoms with Crippen molar-refractivity contribution in [2.45, 2.75) is 38.8 Å². The molecule has 0 bridgehead atoms. The zero-order chi connectivity index (χ0) is 13.0. The highest BCUT2D eigenvalue weighted by Crippen LogP contribution is 2.15. The monoisotopic (exact) mass is 249 g/mol. The van der Waals surface area contributed by atoms with Gasteiger partial charge in [0.2, 0.25) is 0 Å². The van der Waals surface area contributed by atoms with Crippen LogP contribution in [0.4, 0.5) is 10.6 Å². The largest absolute Gasteiger partial charge is 0.376 e. The molecular formula is C13H19N3O2. The van der Waals surface area contributed by atoms with Crippen molar-refractivity contribution in [2.24, 2.45) is 0 Å². The Balaban J connectivity index is 1.86. The number of nitrogens with zero attached hydrogens (tertiary/aromatic N) is 1. The summed E-state index contributed by atoms with van der Waals surface area (Å²) in [6.45, 7) is 4.66. The Bertz CT molecular complexity index is 416. The van der Waals surface area contributed by atoms with E-state index in [-0.39, 0.29) is 18.2 Å². The minimum atomic E-state index is -0.236. The van der Waals surface area contributed by atoms with E-state index < -0.39 is 0 Å². The van der Waals surface area contributed by atoms with Crippen molar-refractivity contribution in [3.8, 4) is 0 Å². The molecule has 2 rings (SSSR count). The van der Waals surface area contributed by atoms with Crippen molar-refractivity contribution < 1.29 is 9.53 Å². The lowest BCUT2D eigenvalue weighted by Crippen LogP contribution is -2.43. The predicted octanol–water partition coefficient (Wildman–Crippen LogP) is 2.08. The van der Waals surface area contributed by atoms with E-state index in [9.17, 15) is 4.79 Å². The van der Waals surface area contributed by atoms with E-state index in [1.807, 2.05) is 26.0 Å². The minimum Gasteiger partial charge on any atom is -0.376 e. The van der Waals surface area contributed by atoms with Gasteiger partial charge in [0, 0.05) is 12.8 Å². The van der Waals surface area contributed by atoms with Gasteiger partial charge in [0.1, 0.15) is 5.82 Å². The molecule has 18 heavy (non-hydrogen) atoms. The number of aromatic nitrogens is 1. The second kappa shape index (κ2) is 5.82. The van der Waals surface area contributed by atoms with Gasteiger partial charge in [-0.25, -0.2) is 9.78 Å². The first-order chi connectivity index (χ1) is 8.66. The van der Waals surface area contributed by atoms with Crippen LogP contribution >= 0.6 is 0 Å². The molecule has 2 N–H and O–H groups in total. The first-order valence-corrected chi connectivity index (χ1v) is 6.27. The van der Waals surface area contributed by atoms with E-state index >= 15 is 0 Å². The van der Waals surface area contributed by atoms with E-state index in [0.717, 1.165) is 25.0 Å². The van der Waals surface area contributed by atoms with Crippen LogP contribution in [0.1, 0.15) is 25.3 Å². The van der Waals surface area contributed by atoms with E-state index in [1.165, 1.54) is 0 Å². The predicted molar refractivity (Wildman–Crippen MR) is 69.6 cm³/mol. The van der Waals surface area contributed by atoms with Crippen LogP contribution in [0.15, 0.2) is 18.3 Å². The quantitative estimate of drug-likeness (QED) is 0.862. The molecule has 2 heterocycles. The highest BCUT2D eigenvalue weighted by Gasteiger charge is 2.23. The molecule has 1 aromatic rings. The molecule has 0 aliphatic carbocycles. The number of amides is 2. The Morgan fingerprint density at radius 2 is 2.44 bits per heavy atom. The van der Waals surface area contributed by atoms with E-state index in [4.69, 9.17) is 4.74 Å². The minimum absolute atomic E-state index is 0.0107. The molecule has 1 saturated heterocycles. The molecule has 2 amide bonds. The zero-order valence-corrected chi connectivity index (χ0v) is 10.8. The van der Waals surface area contributed by atoms with Gasteiger partial charge in [0.05, 0.1) is 12.1 Å². The first-order valence-electron chi connectivity index (χ1n) is 6.27. The summed E-state index contributed by atoms with van der Waals surface area (Å²) in [5.41, 5.74) is 0.942. The van der Waals surface area contributed by atoms with Crippen molar-refractivity contribution in [3.63, 3.8) is 0 Å². The van der Waals surface area contributed by atoms with E-state index in [0.29, 0.717) is 5.82 Å². The summed E-state index contributed by atoms with van der Waals surface area (Å²) in [6, 6.07) is 3.52. The van der Waals surface area contributed by atoms with Crippen molar-refractivity contribution in [1.82, 2.24) is 10.3 Å². The van der Waals surface area contributed by atoms with Crippen molar-refractivity contribution >= 4 is 11.8 Å². The van der Waals surface area contributed by atoms with E-state index in [1.54, 1.807) is 6.20 Å². The number of carbonyl (C=O) groups excluding carboxylic acids is 1. The molecule has 0 radical (unpaired) electrons. The number of nitrogens with one attached hydrogen (secondary N) is 2. The highest BCUT2D eigenvalue weighted by atomic mass is 16.5. The van der Waals surface area contributed by atoms with Gasteiger partial charge in [-0.3, -0.25) is 5.32 Å². The fraction of sp³-hybridized carbons (Fsp3) is 0.538. The number of rotatable bonds is 3.